The van der Waals surface area contributed by atoms with Gasteiger partial charge in [-0.1, -0.05) is 286 Å². The molecule has 0 saturated heterocycles. The molecule has 1 heterocycles. The summed E-state index contributed by atoms with van der Waals surface area (Å²) in [4.78, 5) is 11.2. The van der Waals surface area contributed by atoms with E-state index in [1.165, 1.54) is 225 Å². The van der Waals surface area contributed by atoms with Gasteiger partial charge in [0, 0.05) is 22.9 Å². The van der Waals surface area contributed by atoms with Crippen molar-refractivity contribution in [2.45, 2.75) is 324 Å². The summed E-state index contributed by atoms with van der Waals surface area (Å²) in [6.07, 6.45) is 54.6. The lowest BCUT2D eigenvalue weighted by molar-refractivity contribution is 0.258. The zero-order valence-corrected chi connectivity index (χ0v) is 55.2. The molecule has 0 bridgehead atoms. The number of rotatable bonds is 56. The lowest BCUT2D eigenvalue weighted by Gasteiger charge is -2.19. The molecule has 0 N–H and O–H groups in total. The zero-order valence-electron chi connectivity index (χ0n) is 55.2. The first-order valence-electron chi connectivity index (χ1n) is 36.1. The van der Waals surface area contributed by atoms with Gasteiger partial charge in [0.25, 0.3) is 0 Å². The van der Waals surface area contributed by atoms with Crippen LogP contribution in [0, 0.1) is 0 Å². The van der Waals surface area contributed by atoms with E-state index >= 15 is 0 Å². The van der Waals surface area contributed by atoms with Crippen LogP contribution in [0.5, 0.6) is 34.5 Å². The summed E-state index contributed by atoms with van der Waals surface area (Å²) in [5, 5.41) is 4.11. The number of ether oxygens (including phenoxy) is 6. The van der Waals surface area contributed by atoms with Crippen LogP contribution in [0.25, 0.3) is 43.6 Å². The first-order chi connectivity index (χ1) is 41.6. The van der Waals surface area contributed by atoms with E-state index in [-0.39, 0.29) is 0 Å². The van der Waals surface area contributed by atoms with Crippen LogP contribution in [0.15, 0.2) is 36.4 Å². The highest BCUT2D eigenvalue weighted by atomic mass is 16.5. The van der Waals surface area contributed by atoms with Crippen molar-refractivity contribution in [1.82, 2.24) is 9.97 Å². The van der Waals surface area contributed by atoms with Crippen LogP contribution in [0.4, 0.5) is 0 Å². The van der Waals surface area contributed by atoms with Crippen molar-refractivity contribution >= 4 is 43.6 Å². The Morgan fingerprint density at radius 3 is 0.583 bits per heavy atom. The van der Waals surface area contributed by atoms with Crippen molar-refractivity contribution in [3.05, 3.63) is 36.4 Å². The average Bonchev–Trinajstić information content (AvgIpc) is 1.23. The van der Waals surface area contributed by atoms with Crippen molar-refractivity contribution in [3.63, 3.8) is 0 Å². The minimum absolute atomic E-state index is 0.640. The molecule has 0 aliphatic rings. The van der Waals surface area contributed by atoms with Gasteiger partial charge in [0.2, 0.25) is 0 Å². The molecule has 84 heavy (non-hydrogen) atoms. The molecule has 1 aromatic heterocycles. The molecule has 0 aliphatic heterocycles. The SMILES string of the molecule is CCCCCCCCCCOc1cc2nc3c4cc(OCCCCCCCCCC)c(OCCCCCCCCCC)cc4c4cc(OCCCCCCCCCC)c(OCCCCCCCCCC)cc4c3nc2cc1OCCCCCC. The Morgan fingerprint density at radius 1 is 0.202 bits per heavy atom. The summed E-state index contributed by atoms with van der Waals surface area (Å²) < 4.78 is 40.8. The Hall–Kier alpha value is -4.20. The maximum atomic E-state index is 6.87. The lowest BCUT2D eigenvalue weighted by Crippen LogP contribution is -2.05. The van der Waals surface area contributed by atoms with Gasteiger partial charge in [0.05, 0.1) is 61.7 Å². The Bertz CT molecular complexity index is 2450. The van der Waals surface area contributed by atoms with E-state index in [0.717, 1.165) is 136 Å². The van der Waals surface area contributed by atoms with E-state index in [4.69, 9.17) is 38.4 Å². The second kappa shape index (κ2) is 46.0. The largest absolute Gasteiger partial charge is 0.490 e. The maximum absolute atomic E-state index is 6.87. The monoisotopic (exact) mass is 1160 g/mol. The predicted octanol–water partition coefficient (Wildman–Crippen LogP) is 24.6. The molecule has 0 saturated carbocycles. The number of unbranched alkanes of at least 4 members (excludes halogenated alkanes) is 38. The lowest BCUT2D eigenvalue weighted by atomic mass is 9.97. The average molecular weight is 1160 g/mol. The van der Waals surface area contributed by atoms with Crippen molar-refractivity contribution in [1.29, 1.82) is 0 Å². The fourth-order valence-corrected chi connectivity index (χ4v) is 11.9. The molecule has 0 fully saturated rings. The zero-order chi connectivity index (χ0) is 59.3. The van der Waals surface area contributed by atoms with Crippen molar-refractivity contribution < 1.29 is 28.4 Å². The summed E-state index contributed by atoms with van der Waals surface area (Å²) in [5.74, 6) is 4.66. The van der Waals surface area contributed by atoms with Crippen LogP contribution in [-0.4, -0.2) is 49.6 Å². The number of benzene rings is 4. The Kier molecular flexibility index (Phi) is 38.7. The Morgan fingerprint density at radius 2 is 0.369 bits per heavy atom. The van der Waals surface area contributed by atoms with E-state index in [0.29, 0.717) is 39.6 Å². The molecule has 474 valence electrons. The van der Waals surface area contributed by atoms with Gasteiger partial charge in [-0.2, -0.15) is 0 Å². The standard InChI is InChI=1S/C76H124N2O6/c1-7-13-19-25-30-35-40-46-52-79-69-57-63-64-58-70(80-53-47-41-36-31-26-20-14-8-2)72(82-55-49-43-38-33-28-22-16-10-4)60-66(64)76-75(65(63)59-71(69)81-54-48-42-37-32-27-21-15-9-3)77-67-61-73(83-51-45-24-18-12-6)74(62-68(67)78-76)84-56-50-44-39-34-29-23-17-11-5/h57-62H,7-56H2,1-6H3. The van der Waals surface area contributed by atoms with Crippen LogP contribution in [0.2, 0.25) is 0 Å². The normalized spacial score (nSPS) is 11.7. The van der Waals surface area contributed by atoms with Gasteiger partial charge >= 0.3 is 0 Å². The van der Waals surface area contributed by atoms with Gasteiger partial charge in [0.15, 0.2) is 34.5 Å². The maximum Gasteiger partial charge on any atom is 0.163 e. The molecule has 0 atom stereocenters. The molecular weight excluding hydrogens is 1040 g/mol. The molecule has 0 spiro atoms. The minimum Gasteiger partial charge on any atom is -0.490 e. The predicted molar refractivity (Wildman–Crippen MR) is 362 cm³/mol. The highest BCUT2D eigenvalue weighted by Crippen LogP contribution is 2.45. The van der Waals surface area contributed by atoms with Crippen LogP contribution in [0.1, 0.15) is 324 Å². The van der Waals surface area contributed by atoms with E-state index < -0.39 is 0 Å². The molecule has 5 rings (SSSR count). The third kappa shape index (κ3) is 27.2. The summed E-state index contributed by atoms with van der Waals surface area (Å²) in [6, 6.07) is 13.1. The van der Waals surface area contributed by atoms with Crippen LogP contribution < -0.4 is 28.4 Å². The van der Waals surface area contributed by atoms with Gasteiger partial charge in [0.1, 0.15) is 0 Å². The summed E-state index contributed by atoms with van der Waals surface area (Å²) in [7, 11) is 0. The quantitative estimate of drug-likeness (QED) is 0.0216. The Labute approximate surface area is 514 Å². The molecule has 0 radical (unpaired) electrons. The summed E-state index contributed by atoms with van der Waals surface area (Å²) in [6.45, 7) is 17.6. The van der Waals surface area contributed by atoms with E-state index in [9.17, 15) is 0 Å². The second-order valence-corrected chi connectivity index (χ2v) is 24.9. The highest BCUT2D eigenvalue weighted by molar-refractivity contribution is 6.25. The third-order valence-electron chi connectivity index (χ3n) is 17.2. The minimum atomic E-state index is 0.640. The van der Waals surface area contributed by atoms with Crippen molar-refractivity contribution in [2.24, 2.45) is 0 Å². The van der Waals surface area contributed by atoms with Gasteiger partial charge in [-0.25, -0.2) is 9.97 Å². The van der Waals surface area contributed by atoms with E-state index in [1.54, 1.807) is 0 Å². The van der Waals surface area contributed by atoms with Gasteiger partial charge in [-0.3, -0.25) is 0 Å². The number of hydrogen-bond donors (Lipinski definition) is 0. The molecule has 8 nitrogen and oxygen atoms in total. The fraction of sp³-hybridized carbons (Fsp3) is 0.737. The van der Waals surface area contributed by atoms with Crippen LogP contribution >= 0.6 is 0 Å². The molecular formula is C76H124N2O6. The van der Waals surface area contributed by atoms with Gasteiger partial charge < -0.3 is 28.4 Å². The van der Waals surface area contributed by atoms with Gasteiger partial charge in [-0.05, 0) is 73.6 Å². The van der Waals surface area contributed by atoms with Crippen molar-refractivity contribution in [2.75, 3.05) is 39.6 Å². The second-order valence-electron chi connectivity index (χ2n) is 24.9. The topological polar surface area (TPSA) is 81.2 Å². The van der Waals surface area contributed by atoms with Crippen molar-refractivity contribution in [3.8, 4) is 34.5 Å². The number of hydrogen-bond acceptors (Lipinski definition) is 8. The van der Waals surface area contributed by atoms with Crippen LogP contribution in [-0.2, 0) is 0 Å². The number of aromatic nitrogens is 2. The molecule has 0 aliphatic carbocycles. The van der Waals surface area contributed by atoms with Crippen LogP contribution in [0.3, 0.4) is 0 Å². The smallest absolute Gasteiger partial charge is 0.163 e. The molecule has 5 aromatic rings. The van der Waals surface area contributed by atoms with E-state index in [1.807, 2.05) is 0 Å². The molecule has 8 heteroatoms. The first kappa shape index (κ1) is 70.6. The number of nitrogens with zero attached hydrogens (tertiary/aromatic N) is 2. The summed E-state index contributed by atoms with van der Waals surface area (Å²) >= 11 is 0. The van der Waals surface area contributed by atoms with Gasteiger partial charge in [-0.15, -0.1) is 0 Å². The fourth-order valence-electron chi connectivity index (χ4n) is 11.9. The third-order valence-corrected chi connectivity index (χ3v) is 17.2. The molecule has 0 unspecified atom stereocenters. The first-order valence-corrected chi connectivity index (χ1v) is 36.1. The Balaban J connectivity index is 1.60. The highest BCUT2D eigenvalue weighted by Gasteiger charge is 2.22. The molecule has 0 amide bonds. The van der Waals surface area contributed by atoms with E-state index in [2.05, 4.69) is 77.9 Å². The summed E-state index contributed by atoms with van der Waals surface area (Å²) in [5.41, 5.74) is 3.25. The molecule has 4 aromatic carbocycles. The number of fused-ring (bicyclic) bond motifs is 7.